The summed E-state index contributed by atoms with van der Waals surface area (Å²) in [6, 6.07) is 14.5. The lowest BCUT2D eigenvalue weighted by molar-refractivity contribution is 0.582. The van der Waals surface area contributed by atoms with E-state index < -0.39 is 0 Å². The number of pyridine rings is 1. The van der Waals surface area contributed by atoms with Crippen molar-refractivity contribution in [3.63, 3.8) is 0 Å². The molecule has 0 aliphatic carbocycles. The van der Waals surface area contributed by atoms with Crippen molar-refractivity contribution in [2.45, 2.75) is 51.4 Å². The van der Waals surface area contributed by atoms with Crippen LogP contribution in [0.25, 0.3) is 0 Å². The first-order valence-electron chi connectivity index (χ1n) is 9.54. The van der Waals surface area contributed by atoms with E-state index in [4.69, 9.17) is 5.26 Å². The van der Waals surface area contributed by atoms with Gasteiger partial charge in [-0.2, -0.15) is 5.26 Å². The molecule has 2 aromatic rings. The highest BCUT2D eigenvalue weighted by Crippen LogP contribution is 2.10. The molecule has 1 heterocycles. The maximum Gasteiger partial charge on any atom is 0.182 e. The van der Waals surface area contributed by atoms with Gasteiger partial charge < -0.3 is 0 Å². The molecule has 0 saturated carbocycles. The number of hydrogen-bond acceptors (Lipinski definition) is 3. The van der Waals surface area contributed by atoms with Gasteiger partial charge in [0.15, 0.2) is 6.19 Å². The summed E-state index contributed by atoms with van der Waals surface area (Å²) in [6.07, 6.45) is 15.3. The van der Waals surface area contributed by atoms with Gasteiger partial charge in [0.25, 0.3) is 0 Å². The number of aromatic nitrogens is 1. The minimum absolute atomic E-state index is 0.613. The molecule has 0 bridgehead atoms. The Balaban J connectivity index is 1.52. The normalized spacial score (nSPS) is 11.1. The quantitative estimate of drug-likeness (QED) is 0.207. The van der Waals surface area contributed by atoms with Crippen molar-refractivity contribution < 1.29 is 0 Å². The SMILES string of the molecule is N#CNC(=NCCCCCCCCCc1ccccc1)c1cccnc1. The summed E-state index contributed by atoms with van der Waals surface area (Å²) in [4.78, 5) is 8.58. The van der Waals surface area contributed by atoms with Gasteiger partial charge in [-0.15, -0.1) is 0 Å². The lowest BCUT2D eigenvalue weighted by atomic mass is 10.0. The van der Waals surface area contributed by atoms with Gasteiger partial charge in [-0.3, -0.25) is 15.3 Å². The van der Waals surface area contributed by atoms with Crippen molar-refractivity contribution in [2.75, 3.05) is 6.54 Å². The number of hydrogen-bond donors (Lipinski definition) is 1. The molecule has 1 aromatic carbocycles. The molecule has 0 radical (unpaired) electrons. The van der Waals surface area contributed by atoms with Crippen LogP contribution >= 0.6 is 0 Å². The summed E-state index contributed by atoms with van der Waals surface area (Å²) in [6.45, 7) is 0.743. The summed E-state index contributed by atoms with van der Waals surface area (Å²) >= 11 is 0. The van der Waals surface area contributed by atoms with Gasteiger partial charge in [-0.1, -0.05) is 62.4 Å². The number of nitrogens with one attached hydrogen (secondary N) is 1. The van der Waals surface area contributed by atoms with E-state index in [1.165, 1.54) is 50.5 Å². The van der Waals surface area contributed by atoms with Crippen molar-refractivity contribution in [1.82, 2.24) is 10.3 Å². The first kappa shape index (κ1) is 19.7. The number of aryl methyl sites for hydroxylation is 1. The van der Waals surface area contributed by atoms with Crippen LogP contribution in [0.15, 0.2) is 59.9 Å². The lowest BCUT2D eigenvalue weighted by Gasteiger charge is -2.04. The van der Waals surface area contributed by atoms with Crippen molar-refractivity contribution in [3.05, 3.63) is 66.0 Å². The van der Waals surface area contributed by atoms with Crippen LogP contribution in [0.3, 0.4) is 0 Å². The molecule has 1 N–H and O–H groups in total. The Morgan fingerprint density at radius 2 is 1.65 bits per heavy atom. The van der Waals surface area contributed by atoms with E-state index in [2.05, 4.69) is 45.6 Å². The number of aliphatic imine (C=N–C) groups is 1. The Morgan fingerprint density at radius 3 is 2.35 bits per heavy atom. The van der Waals surface area contributed by atoms with Crippen LogP contribution in [0.1, 0.15) is 56.1 Å². The molecule has 0 spiro atoms. The smallest absolute Gasteiger partial charge is 0.182 e. The predicted octanol–water partition coefficient (Wildman–Crippen LogP) is 4.87. The molecule has 0 amide bonds. The molecule has 26 heavy (non-hydrogen) atoms. The molecule has 136 valence electrons. The Kier molecular flexibility index (Phi) is 9.57. The number of benzene rings is 1. The number of amidine groups is 1. The molecule has 0 fully saturated rings. The summed E-state index contributed by atoms with van der Waals surface area (Å²) in [7, 11) is 0. The van der Waals surface area contributed by atoms with Gasteiger partial charge in [-0.05, 0) is 37.0 Å². The maximum absolute atomic E-state index is 8.85. The first-order valence-corrected chi connectivity index (χ1v) is 9.54. The van der Waals surface area contributed by atoms with E-state index >= 15 is 0 Å². The standard InChI is InChI=1S/C22H28N4/c23-19-26-22(21-15-11-16-24-18-21)25-17-10-5-3-1-2-4-7-12-20-13-8-6-9-14-20/h6,8-9,11,13-16,18H,1-5,7,10,12,17H2,(H,25,26). The van der Waals surface area contributed by atoms with Crippen LogP contribution < -0.4 is 5.32 Å². The minimum Gasteiger partial charge on any atom is -0.277 e. The molecule has 0 atom stereocenters. The van der Waals surface area contributed by atoms with E-state index in [-0.39, 0.29) is 0 Å². The number of nitrogens with zero attached hydrogens (tertiary/aromatic N) is 3. The van der Waals surface area contributed by atoms with Gasteiger partial charge in [0.05, 0.1) is 0 Å². The second kappa shape index (κ2) is 12.7. The summed E-state index contributed by atoms with van der Waals surface area (Å²) in [5, 5.41) is 11.5. The Hall–Kier alpha value is -2.67. The highest BCUT2D eigenvalue weighted by atomic mass is 15.0. The molecular weight excluding hydrogens is 320 g/mol. The van der Waals surface area contributed by atoms with E-state index in [1.807, 2.05) is 18.3 Å². The van der Waals surface area contributed by atoms with Crippen LogP contribution in [-0.2, 0) is 6.42 Å². The third-order valence-corrected chi connectivity index (χ3v) is 4.35. The van der Waals surface area contributed by atoms with Gasteiger partial charge in [0.2, 0.25) is 0 Å². The van der Waals surface area contributed by atoms with E-state index in [9.17, 15) is 0 Å². The van der Waals surface area contributed by atoms with E-state index in [1.54, 1.807) is 12.4 Å². The minimum atomic E-state index is 0.613. The van der Waals surface area contributed by atoms with Crippen molar-refractivity contribution in [1.29, 1.82) is 5.26 Å². The maximum atomic E-state index is 8.85. The molecule has 0 saturated heterocycles. The lowest BCUT2D eigenvalue weighted by Crippen LogP contribution is -2.19. The zero-order chi connectivity index (χ0) is 18.3. The van der Waals surface area contributed by atoms with Crippen LogP contribution in [0, 0.1) is 11.5 Å². The number of rotatable bonds is 11. The van der Waals surface area contributed by atoms with E-state index in [0.717, 1.165) is 18.5 Å². The van der Waals surface area contributed by atoms with E-state index in [0.29, 0.717) is 5.84 Å². The Morgan fingerprint density at radius 1 is 0.923 bits per heavy atom. The van der Waals surface area contributed by atoms with Gasteiger partial charge in [0, 0.05) is 24.5 Å². The van der Waals surface area contributed by atoms with Gasteiger partial charge in [-0.25, -0.2) is 0 Å². The zero-order valence-electron chi connectivity index (χ0n) is 15.4. The third kappa shape index (κ3) is 7.94. The highest BCUT2D eigenvalue weighted by Gasteiger charge is 2.01. The van der Waals surface area contributed by atoms with Crippen molar-refractivity contribution >= 4 is 5.84 Å². The topological polar surface area (TPSA) is 61.1 Å². The summed E-state index contributed by atoms with van der Waals surface area (Å²) < 4.78 is 0. The van der Waals surface area contributed by atoms with Crippen molar-refractivity contribution in [3.8, 4) is 6.19 Å². The molecule has 0 aliphatic rings. The molecule has 2 rings (SSSR count). The summed E-state index contributed by atoms with van der Waals surface area (Å²) in [5.74, 6) is 0.613. The van der Waals surface area contributed by atoms with Crippen molar-refractivity contribution in [2.24, 2.45) is 4.99 Å². The zero-order valence-corrected chi connectivity index (χ0v) is 15.4. The average Bonchev–Trinajstić information content (AvgIpc) is 2.70. The van der Waals surface area contributed by atoms with Gasteiger partial charge >= 0.3 is 0 Å². The largest absolute Gasteiger partial charge is 0.277 e. The average molecular weight is 348 g/mol. The molecule has 0 unspecified atom stereocenters. The molecule has 1 aromatic heterocycles. The highest BCUT2D eigenvalue weighted by molar-refractivity contribution is 5.99. The first-order chi connectivity index (χ1) is 12.9. The third-order valence-electron chi connectivity index (χ3n) is 4.35. The predicted molar refractivity (Wildman–Crippen MR) is 107 cm³/mol. The number of unbranched alkanes of at least 4 members (excludes halogenated alkanes) is 6. The second-order valence-corrected chi connectivity index (χ2v) is 6.42. The molecular formula is C22H28N4. The molecule has 4 heteroatoms. The fourth-order valence-corrected chi connectivity index (χ4v) is 2.92. The Bertz CT molecular complexity index is 674. The Labute approximate surface area is 157 Å². The van der Waals surface area contributed by atoms with Crippen LogP contribution in [-0.4, -0.2) is 17.4 Å². The molecule has 0 aliphatic heterocycles. The summed E-state index contributed by atoms with van der Waals surface area (Å²) in [5.41, 5.74) is 2.30. The fraction of sp³-hybridized carbons (Fsp3) is 0.409. The van der Waals surface area contributed by atoms with Crippen LogP contribution in [0.5, 0.6) is 0 Å². The second-order valence-electron chi connectivity index (χ2n) is 6.42. The number of nitriles is 1. The molecule has 4 nitrogen and oxygen atoms in total. The van der Waals surface area contributed by atoms with Crippen LogP contribution in [0.4, 0.5) is 0 Å². The van der Waals surface area contributed by atoms with Gasteiger partial charge in [0.1, 0.15) is 5.84 Å². The fourth-order valence-electron chi connectivity index (χ4n) is 2.92. The van der Waals surface area contributed by atoms with Crippen LogP contribution in [0.2, 0.25) is 0 Å². The monoisotopic (exact) mass is 348 g/mol.